The van der Waals surface area contributed by atoms with Crippen LogP contribution >= 0.6 is 0 Å². The standard InChI is InChI=1S/C23H23N3O4S/c1-2-17-9-6-7-14-21(17)25-22(27)16-24-23(28)18-10-8-11-19(15-18)26-31(29,30)20-12-4-3-5-13-20/h3-15,26H,2,16H2,1H3,(H,24,28)(H,25,27). The molecule has 0 unspecified atom stereocenters. The lowest BCUT2D eigenvalue weighted by Gasteiger charge is -2.11. The van der Waals surface area contributed by atoms with Crippen LogP contribution in [0.2, 0.25) is 0 Å². The Hall–Kier alpha value is -3.65. The summed E-state index contributed by atoms with van der Waals surface area (Å²) in [6.45, 7) is 1.78. The molecule has 0 heterocycles. The van der Waals surface area contributed by atoms with E-state index in [0.717, 1.165) is 12.0 Å². The zero-order chi connectivity index (χ0) is 22.3. The molecule has 7 nitrogen and oxygen atoms in total. The van der Waals surface area contributed by atoms with Crippen LogP contribution in [0, 0.1) is 0 Å². The van der Waals surface area contributed by atoms with Gasteiger partial charge in [-0.25, -0.2) is 8.42 Å². The number of carbonyl (C=O) groups excluding carboxylic acids is 2. The second kappa shape index (κ2) is 9.90. The van der Waals surface area contributed by atoms with Gasteiger partial charge < -0.3 is 10.6 Å². The lowest BCUT2D eigenvalue weighted by Crippen LogP contribution is -2.33. The summed E-state index contributed by atoms with van der Waals surface area (Å²) in [5, 5.41) is 5.33. The van der Waals surface area contributed by atoms with Gasteiger partial charge in [0.1, 0.15) is 0 Å². The van der Waals surface area contributed by atoms with Crippen molar-refractivity contribution in [2.24, 2.45) is 0 Å². The first-order valence-electron chi connectivity index (χ1n) is 9.73. The Morgan fingerprint density at radius 3 is 2.32 bits per heavy atom. The van der Waals surface area contributed by atoms with Gasteiger partial charge in [-0.15, -0.1) is 0 Å². The molecule has 8 heteroatoms. The molecule has 0 saturated carbocycles. The van der Waals surface area contributed by atoms with Crippen molar-refractivity contribution in [1.29, 1.82) is 0 Å². The fraction of sp³-hybridized carbons (Fsp3) is 0.130. The molecule has 0 fully saturated rings. The second-order valence-electron chi connectivity index (χ2n) is 6.74. The maximum absolute atomic E-state index is 12.5. The van der Waals surface area contributed by atoms with Crippen LogP contribution in [-0.4, -0.2) is 26.8 Å². The van der Waals surface area contributed by atoms with E-state index in [0.29, 0.717) is 5.69 Å². The molecule has 0 saturated heterocycles. The molecular weight excluding hydrogens is 414 g/mol. The largest absolute Gasteiger partial charge is 0.343 e. The zero-order valence-electron chi connectivity index (χ0n) is 17.0. The van der Waals surface area contributed by atoms with Gasteiger partial charge in [-0.2, -0.15) is 0 Å². The van der Waals surface area contributed by atoms with Crippen LogP contribution in [0.3, 0.4) is 0 Å². The van der Waals surface area contributed by atoms with Crippen molar-refractivity contribution in [3.05, 3.63) is 90.0 Å². The second-order valence-corrected chi connectivity index (χ2v) is 8.42. The highest BCUT2D eigenvalue weighted by Crippen LogP contribution is 2.17. The van der Waals surface area contributed by atoms with E-state index in [1.54, 1.807) is 42.5 Å². The average Bonchev–Trinajstić information content (AvgIpc) is 2.78. The van der Waals surface area contributed by atoms with Crippen LogP contribution in [0.25, 0.3) is 0 Å². The van der Waals surface area contributed by atoms with E-state index in [4.69, 9.17) is 0 Å². The van der Waals surface area contributed by atoms with E-state index in [9.17, 15) is 18.0 Å². The summed E-state index contributed by atoms with van der Waals surface area (Å²) in [7, 11) is -3.77. The minimum absolute atomic E-state index is 0.119. The normalized spacial score (nSPS) is 10.9. The molecule has 0 aliphatic carbocycles. The van der Waals surface area contributed by atoms with E-state index >= 15 is 0 Å². The molecule has 0 spiro atoms. The number of amides is 2. The lowest BCUT2D eigenvalue weighted by molar-refractivity contribution is -0.115. The molecule has 3 aromatic rings. The SMILES string of the molecule is CCc1ccccc1NC(=O)CNC(=O)c1cccc(NS(=O)(=O)c2ccccc2)c1. The van der Waals surface area contributed by atoms with Crippen LogP contribution in [0.5, 0.6) is 0 Å². The summed E-state index contributed by atoms with van der Waals surface area (Å²) in [5.74, 6) is -0.838. The van der Waals surface area contributed by atoms with Gasteiger partial charge in [-0.1, -0.05) is 49.4 Å². The van der Waals surface area contributed by atoms with Crippen molar-refractivity contribution in [2.45, 2.75) is 18.2 Å². The molecule has 0 atom stereocenters. The number of sulfonamides is 1. The third kappa shape index (κ3) is 5.93. The molecule has 2 amide bonds. The number of rotatable bonds is 8. The van der Waals surface area contributed by atoms with E-state index in [-0.39, 0.29) is 28.6 Å². The number of anilines is 2. The van der Waals surface area contributed by atoms with Crippen molar-refractivity contribution in [1.82, 2.24) is 5.32 Å². The van der Waals surface area contributed by atoms with E-state index < -0.39 is 15.9 Å². The van der Waals surface area contributed by atoms with Crippen molar-refractivity contribution >= 4 is 33.2 Å². The van der Waals surface area contributed by atoms with Gasteiger partial charge >= 0.3 is 0 Å². The number of para-hydroxylation sites is 1. The van der Waals surface area contributed by atoms with Gasteiger partial charge in [0.05, 0.1) is 11.4 Å². The first kappa shape index (κ1) is 22.0. The summed E-state index contributed by atoms with van der Waals surface area (Å²) in [6, 6.07) is 21.5. The number of nitrogens with one attached hydrogen (secondary N) is 3. The Balaban J connectivity index is 1.62. The highest BCUT2D eigenvalue weighted by atomic mass is 32.2. The highest BCUT2D eigenvalue weighted by Gasteiger charge is 2.15. The fourth-order valence-corrected chi connectivity index (χ4v) is 4.02. The minimum Gasteiger partial charge on any atom is -0.343 e. The Labute approximate surface area is 181 Å². The number of aryl methyl sites for hydroxylation is 1. The van der Waals surface area contributed by atoms with Gasteiger partial charge in [-0.3, -0.25) is 14.3 Å². The molecule has 31 heavy (non-hydrogen) atoms. The molecule has 160 valence electrons. The smallest absolute Gasteiger partial charge is 0.261 e. The van der Waals surface area contributed by atoms with Crippen molar-refractivity contribution < 1.29 is 18.0 Å². The summed E-state index contributed by atoms with van der Waals surface area (Å²) in [4.78, 5) is 24.8. The quantitative estimate of drug-likeness (QED) is 0.502. The maximum atomic E-state index is 12.5. The van der Waals surface area contributed by atoms with Crippen LogP contribution in [-0.2, 0) is 21.2 Å². The van der Waals surface area contributed by atoms with Crippen molar-refractivity contribution in [3.63, 3.8) is 0 Å². The predicted octanol–water partition coefficient (Wildman–Crippen LogP) is 3.42. The van der Waals surface area contributed by atoms with Crippen LogP contribution in [0.15, 0.2) is 83.8 Å². The molecule has 0 aliphatic rings. The Morgan fingerprint density at radius 1 is 0.871 bits per heavy atom. The monoisotopic (exact) mass is 437 g/mol. The van der Waals surface area contributed by atoms with Gasteiger partial charge in [-0.05, 0) is 48.4 Å². The van der Waals surface area contributed by atoms with Gasteiger partial charge in [0.25, 0.3) is 15.9 Å². The first-order chi connectivity index (χ1) is 14.9. The Kier molecular flexibility index (Phi) is 7.04. The van der Waals surface area contributed by atoms with Crippen LogP contribution < -0.4 is 15.4 Å². The summed E-state index contributed by atoms with van der Waals surface area (Å²) < 4.78 is 27.4. The number of hydrogen-bond donors (Lipinski definition) is 3. The summed E-state index contributed by atoms with van der Waals surface area (Å²) in [5.41, 5.74) is 2.19. The molecular formula is C23H23N3O4S. The van der Waals surface area contributed by atoms with Gasteiger partial charge in [0.2, 0.25) is 5.91 Å². The Morgan fingerprint density at radius 2 is 1.58 bits per heavy atom. The third-order valence-electron chi connectivity index (χ3n) is 4.51. The molecule has 3 N–H and O–H groups in total. The molecule has 0 aliphatic heterocycles. The van der Waals surface area contributed by atoms with Crippen LogP contribution in [0.4, 0.5) is 11.4 Å². The number of hydrogen-bond acceptors (Lipinski definition) is 4. The number of benzene rings is 3. The molecule has 3 aromatic carbocycles. The molecule has 0 radical (unpaired) electrons. The lowest BCUT2D eigenvalue weighted by atomic mass is 10.1. The molecule has 3 rings (SSSR count). The maximum Gasteiger partial charge on any atom is 0.261 e. The zero-order valence-corrected chi connectivity index (χ0v) is 17.8. The van der Waals surface area contributed by atoms with E-state index in [1.807, 2.05) is 25.1 Å². The average molecular weight is 438 g/mol. The summed E-state index contributed by atoms with van der Waals surface area (Å²) >= 11 is 0. The van der Waals surface area contributed by atoms with Crippen molar-refractivity contribution in [3.8, 4) is 0 Å². The van der Waals surface area contributed by atoms with E-state index in [1.165, 1.54) is 18.2 Å². The fourth-order valence-electron chi connectivity index (χ4n) is 2.95. The Bertz CT molecular complexity index is 1180. The molecule has 0 aromatic heterocycles. The van der Waals surface area contributed by atoms with Gasteiger partial charge in [0.15, 0.2) is 0 Å². The van der Waals surface area contributed by atoms with E-state index in [2.05, 4.69) is 15.4 Å². The first-order valence-corrected chi connectivity index (χ1v) is 11.2. The predicted molar refractivity (Wildman–Crippen MR) is 120 cm³/mol. The third-order valence-corrected chi connectivity index (χ3v) is 5.91. The summed E-state index contributed by atoms with van der Waals surface area (Å²) in [6.07, 6.45) is 0.772. The van der Waals surface area contributed by atoms with Crippen LogP contribution in [0.1, 0.15) is 22.8 Å². The van der Waals surface area contributed by atoms with Crippen molar-refractivity contribution in [2.75, 3.05) is 16.6 Å². The topological polar surface area (TPSA) is 104 Å². The number of carbonyl (C=O) groups is 2. The highest BCUT2D eigenvalue weighted by molar-refractivity contribution is 7.92. The molecule has 0 bridgehead atoms. The minimum atomic E-state index is -3.77. The van der Waals surface area contributed by atoms with Gasteiger partial charge in [0, 0.05) is 16.9 Å².